The summed E-state index contributed by atoms with van der Waals surface area (Å²) in [6.45, 7) is 0. The van der Waals surface area contributed by atoms with Crippen LogP contribution in [0.2, 0.25) is 0 Å². The third kappa shape index (κ3) is 3.81. The van der Waals surface area contributed by atoms with Gasteiger partial charge in [0.05, 0.1) is 40.6 Å². The Labute approximate surface area is 215 Å². The van der Waals surface area contributed by atoms with Crippen molar-refractivity contribution in [3.8, 4) is 0 Å². The summed E-state index contributed by atoms with van der Waals surface area (Å²) in [6.07, 6.45) is 10.6. The Morgan fingerprint density at radius 2 is 1.11 bits per heavy atom. The lowest BCUT2D eigenvalue weighted by molar-refractivity contribution is 0.385. The van der Waals surface area contributed by atoms with Gasteiger partial charge in [-0.1, -0.05) is 25.7 Å². The maximum Gasteiger partial charge on any atom is 0.128 e. The second kappa shape index (κ2) is 8.43. The van der Waals surface area contributed by atoms with Crippen LogP contribution >= 0.6 is 0 Å². The van der Waals surface area contributed by atoms with Crippen molar-refractivity contribution in [1.82, 2.24) is 30.6 Å². The van der Waals surface area contributed by atoms with E-state index in [9.17, 15) is 0 Å². The molecule has 2 aliphatic carbocycles. The molecule has 0 unspecified atom stereocenters. The van der Waals surface area contributed by atoms with Crippen molar-refractivity contribution in [3.63, 3.8) is 0 Å². The summed E-state index contributed by atoms with van der Waals surface area (Å²) in [7, 11) is 0. The van der Waals surface area contributed by atoms with E-state index in [1.54, 1.807) is 0 Å². The van der Waals surface area contributed by atoms with Crippen LogP contribution in [0.1, 0.15) is 74.1 Å². The average molecular weight is 493 g/mol. The van der Waals surface area contributed by atoms with E-state index in [1.807, 2.05) is 0 Å². The highest BCUT2D eigenvalue weighted by Gasteiger charge is 2.32. The van der Waals surface area contributed by atoms with Gasteiger partial charge in [0.2, 0.25) is 0 Å². The maximum atomic E-state index is 4.99. The normalized spacial score (nSPS) is 26.9. The van der Waals surface area contributed by atoms with Crippen molar-refractivity contribution < 1.29 is 0 Å². The molecule has 188 valence electrons. The molecule has 4 aliphatic rings. The summed E-state index contributed by atoms with van der Waals surface area (Å²) in [4.78, 5) is 26.7. The molecule has 0 bridgehead atoms. The van der Waals surface area contributed by atoms with E-state index in [1.165, 1.54) is 51.4 Å². The molecule has 2 saturated carbocycles. The SMILES string of the molecule is c1cc2nc(Cc3nc4ccc(C5=N[C@@H]6CCCC[C@@H]6N5)cc4[nH]3)[nH]c2cc1C1=N[C@@H]2CCCC[C@@H]2N1. The van der Waals surface area contributed by atoms with Crippen LogP contribution in [0.25, 0.3) is 22.1 Å². The number of aromatic nitrogens is 4. The quantitative estimate of drug-likeness (QED) is 0.340. The number of aromatic amines is 2. The van der Waals surface area contributed by atoms with E-state index in [-0.39, 0.29) is 0 Å². The molecule has 0 radical (unpaired) electrons. The third-order valence-electron chi connectivity index (χ3n) is 8.64. The zero-order chi connectivity index (χ0) is 24.3. The zero-order valence-electron chi connectivity index (χ0n) is 20.9. The summed E-state index contributed by atoms with van der Waals surface area (Å²) >= 11 is 0. The Balaban J connectivity index is 1.02. The van der Waals surface area contributed by atoms with Gasteiger partial charge in [-0.25, -0.2) is 9.97 Å². The van der Waals surface area contributed by atoms with Gasteiger partial charge in [0.25, 0.3) is 0 Å². The lowest BCUT2D eigenvalue weighted by atomic mass is 9.92. The number of benzene rings is 2. The minimum Gasteiger partial charge on any atom is -0.365 e. The van der Waals surface area contributed by atoms with E-state index in [2.05, 4.69) is 57.0 Å². The average Bonchev–Trinajstić information content (AvgIpc) is 3.70. The number of hydrogen-bond donors (Lipinski definition) is 4. The second-order valence-corrected chi connectivity index (χ2v) is 11.2. The summed E-state index contributed by atoms with van der Waals surface area (Å²) in [5.41, 5.74) is 6.29. The van der Waals surface area contributed by atoms with Crippen LogP contribution in [0, 0.1) is 0 Å². The number of nitrogens with one attached hydrogen (secondary N) is 4. The zero-order valence-corrected chi connectivity index (χ0v) is 20.9. The van der Waals surface area contributed by atoms with E-state index in [4.69, 9.17) is 20.0 Å². The van der Waals surface area contributed by atoms with Gasteiger partial charge in [-0.3, -0.25) is 9.98 Å². The van der Waals surface area contributed by atoms with Crippen LogP contribution in [-0.4, -0.2) is 55.8 Å². The molecule has 8 nitrogen and oxygen atoms in total. The van der Waals surface area contributed by atoms with Crippen molar-refractivity contribution in [2.24, 2.45) is 9.98 Å². The van der Waals surface area contributed by atoms with Gasteiger partial charge < -0.3 is 20.6 Å². The first kappa shape index (κ1) is 21.4. The van der Waals surface area contributed by atoms with Gasteiger partial charge in [-0.2, -0.15) is 0 Å². The first-order chi connectivity index (χ1) is 18.2. The lowest BCUT2D eigenvalue weighted by Crippen LogP contribution is -2.36. The van der Waals surface area contributed by atoms with Crippen LogP contribution in [0.4, 0.5) is 0 Å². The topological polar surface area (TPSA) is 106 Å². The van der Waals surface area contributed by atoms with Crippen molar-refractivity contribution in [2.75, 3.05) is 0 Å². The number of nitrogens with zero attached hydrogens (tertiary/aromatic N) is 4. The first-order valence-electron chi connectivity index (χ1n) is 13.9. The number of aliphatic imine (C=N–C) groups is 2. The Bertz CT molecular complexity index is 1440. The number of hydrogen-bond acceptors (Lipinski definition) is 6. The number of imidazole rings is 2. The molecule has 4 atom stereocenters. The smallest absolute Gasteiger partial charge is 0.128 e. The predicted molar refractivity (Wildman–Crippen MR) is 146 cm³/mol. The molecule has 0 saturated heterocycles. The van der Waals surface area contributed by atoms with Gasteiger partial charge in [-0.05, 0) is 62.1 Å². The Morgan fingerprint density at radius 1 is 0.622 bits per heavy atom. The largest absolute Gasteiger partial charge is 0.365 e. The van der Waals surface area contributed by atoms with Crippen LogP contribution in [0.3, 0.4) is 0 Å². The molecule has 8 heteroatoms. The van der Waals surface area contributed by atoms with Gasteiger partial charge in [-0.15, -0.1) is 0 Å². The molecular weight excluding hydrogens is 460 g/mol. The monoisotopic (exact) mass is 492 g/mol. The number of H-pyrrole nitrogens is 2. The highest BCUT2D eigenvalue weighted by atomic mass is 15.1. The van der Waals surface area contributed by atoms with Crippen LogP contribution < -0.4 is 10.6 Å². The summed E-state index contributed by atoms with van der Waals surface area (Å²) in [6, 6.07) is 14.7. The minimum absolute atomic E-state index is 0.436. The molecule has 0 spiro atoms. The predicted octanol–water partition coefficient (Wildman–Crippen LogP) is 4.35. The van der Waals surface area contributed by atoms with Crippen molar-refractivity contribution in [1.29, 1.82) is 0 Å². The molecule has 2 aromatic carbocycles. The Hall–Kier alpha value is -3.68. The van der Waals surface area contributed by atoms with E-state index < -0.39 is 0 Å². The van der Waals surface area contributed by atoms with Gasteiger partial charge in [0.15, 0.2) is 0 Å². The first-order valence-corrected chi connectivity index (χ1v) is 13.9. The van der Waals surface area contributed by atoms with Crippen molar-refractivity contribution in [3.05, 3.63) is 59.2 Å². The van der Waals surface area contributed by atoms with E-state index >= 15 is 0 Å². The summed E-state index contributed by atoms with van der Waals surface area (Å²) in [5, 5.41) is 7.32. The summed E-state index contributed by atoms with van der Waals surface area (Å²) in [5.74, 6) is 3.88. The third-order valence-corrected chi connectivity index (χ3v) is 8.64. The fourth-order valence-electron chi connectivity index (χ4n) is 6.69. The minimum atomic E-state index is 0.436. The molecule has 4 N–H and O–H groups in total. The second-order valence-electron chi connectivity index (χ2n) is 11.2. The molecule has 0 amide bonds. The molecule has 2 aliphatic heterocycles. The van der Waals surface area contributed by atoms with Crippen LogP contribution in [0.5, 0.6) is 0 Å². The highest BCUT2D eigenvalue weighted by Crippen LogP contribution is 2.28. The molecular formula is C29H32N8. The van der Waals surface area contributed by atoms with Gasteiger partial charge >= 0.3 is 0 Å². The number of rotatable bonds is 4. The molecule has 2 aromatic heterocycles. The van der Waals surface area contributed by atoms with Crippen molar-refractivity contribution in [2.45, 2.75) is 82.0 Å². The van der Waals surface area contributed by atoms with E-state index in [0.717, 1.165) is 56.5 Å². The fourth-order valence-corrected chi connectivity index (χ4v) is 6.69. The summed E-state index contributed by atoms with van der Waals surface area (Å²) < 4.78 is 0. The number of amidine groups is 2. The van der Waals surface area contributed by atoms with Gasteiger partial charge in [0.1, 0.15) is 23.3 Å². The van der Waals surface area contributed by atoms with Crippen LogP contribution in [-0.2, 0) is 6.42 Å². The van der Waals surface area contributed by atoms with Crippen LogP contribution in [0.15, 0.2) is 46.4 Å². The Morgan fingerprint density at radius 3 is 1.59 bits per heavy atom. The standard InChI is InChI=1S/C29H32N8/c1-2-6-19-18(5-1)34-28(35-19)16-9-11-22-24(13-16)32-26(30-22)15-27-31-23-12-10-17(14-25(23)33-27)29-36-20-7-3-4-8-21(20)37-29/h9-14,18-21H,1-8,15H2,(H,30,32)(H,31,33)(H,34,35)(H,36,37)/t18-,19+,20-,21+. The molecule has 37 heavy (non-hydrogen) atoms. The lowest BCUT2D eigenvalue weighted by Gasteiger charge is -2.23. The maximum absolute atomic E-state index is 4.99. The molecule has 4 aromatic rings. The van der Waals surface area contributed by atoms with Gasteiger partial charge in [0, 0.05) is 23.2 Å². The molecule has 4 heterocycles. The van der Waals surface area contributed by atoms with Crippen molar-refractivity contribution >= 4 is 33.7 Å². The Kier molecular flexibility index (Phi) is 4.88. The van der Waals surface area contributed by atoms with E-state index in [0.29, 0.717) is 30.6 Å². The molecule has 8 rings (SSSR count). The highest BCUT2D eigenvalue weighted by molar-refractivity contribution is 6.03. The fraction of sp³-hybridized carbons (Fsp3) is 0.448. The number of fused-ring (bicyclic) bond motifs is 4. The molecule has 2 fully saturated rings.